The quantitative estimate of drug-likeness (QED) is 0.360. The van der Waals surface area contributed by atoms with Crippen molar-refractivity contribution >= 4 is 28.6 Å². The molecule has 43 heavy (non-hydrogen) atoms. The molecule has 1 amide bonds. The first-order chi connectivity index (χ1) is 20.8. The number of nitrogens with zero attached hydrogens (tertiary/aromatic N) is 3. The summed E-state index contributed by atoms with van der Waals surface area (Å²) in [7, 11) is 0. The van der Waals surface area contributed by atoms with E-state index in [0.717, 1.165) is 69.9 Å². The molecule has 10 heteroatoms. The average Bonchev–Trinajstić information content (AvgIpc) is 3.46. The highest BCUT2D eigenvalue weighted by Crippen LogP contribution is 2.36. The molecule has 3 aliphatic heterocycles. The maximum Gasteiger partial charge on any atom is 0.246 e. The summed E-state index contributed by atoms with van der Waals surface area (Å²) in [5.74, 6) is -1.74. The van der Waals surface area contributed by atoms with E-state index in [1.807, 2.05) is 0 Å². The Morgan fingerprint density at radius 2 is 1.77 bits per heavy atom. The van der Waals surface area contributed by atoms with E-state index in [1.165, 1.54) is 34.9 Å². The number of hydrogen-bond donors (Lipinski definition) is 3. The van der Waals surface area contributed by atoms with E-state index in [1.54, 1.807) is 4.90 Å². The molecule has 6 rings (SSSR count). The molecule has 3 fully saturated rings. The number of morpholine rings is 1. The lowest BCUT2D eigenvalue weighted by molar-refractivity contribution is -0.140. The highest BCUT2D eigenvalue weighted by atomic mass is 19.2. The fourth-order valence-electron chi connectivity index (χ4n) is 6.66. The van der Waals surface area contributed by atoms with Crippen LogP contribution in [0.25, 0.3) is 17.0 Å². The number of halogens is 2. The van der Waals surface area contributed by atoms with Crippen molar-refractivity contribution in [2.75, 3.05) is 63.9 Å². The van der Waals surface area contributed by atoms with Crippen molar-refractivity contribution in [1.29, 1.82) is 0 Å². The Balaban J connectivity index is 0.994. The number of aliphatic hydroxyl groups excluding tert-OH is 1. The summed E-state index contributed by atoms with van der Waals surface area (Å²) >= 11 is 0. The summed E-state index contributed by atoms with van der Waals surface area (Å²) in [4.78, 5) is 22.3. The summed E-state index contributed by atoms with van der Waals surface area (Å²) in [5, 5.41) is 23.6. The number of nitrogens with one attached hydrogen (secondary N) is 1. The van der Waals surface area contributed by atoms with Crippen LogP contribution in [0.1, 0.15) is 42.7 Å². The molecule has 1 aromatic heterocycles. The lowest BCUT2D eigenvalue weighted by Crippen LogP contribution is -2.56. The second-order valence-corrected chi connectivity index (χ2v) is 12.1. The van der Waals surface area contributed by atoms with Crippen LogP contribution < -0.4 is 4.90 Å². The number of β-amino-alcohol motifs (C(OH)–C–C–N with tert-alkyl or cyclic N) is 1. The van der Waals surface area contributed by atoms with E-state index < -0.39 is 23.3 Å². The number of rotatable bonds is 7. The first-order valence-electron chi connectivity index (χ1n) is 15.3. The summed E-state index contributed by atoms with van der Waals surface area (Å²) in [5.41, 5.74) is 2.86. The molecule has 1 unspecified atom stereocenters. The monoisotopic (exact) mass is 594 g/mol. The van der Waals surface area contributed by atoms with Crippen LogP contribution in [0, 0.1) is 11.6 Å². The van der Waals surface area contributed by atoms with Gasteiger partial charge in [-0.15, -0.1) is 0 Å². The fraction of sp³-hybridized carbons (Fsp3) is 0.485. The maximum absolute atomic E-state index is 13.4. The number of carbonyl (C=O) groups excluding carboxylic acids is 1. The normalized spacial score (nSPS) is 21.1. The minimum Gasteiger partial charge on any atom is -0.389 e. The minimum atomic E-state index is -1.26. The number of hydrogen-bond acceptors (Lipinski definition) is 6. The van der Waals surface area contributed by atoms with Crippen LogP contribution in [0.3, 0.4) is 0 Å². The maximum atomic E-state index is 13.4. The summed E-state index contributed by atoms with van der Waals surface area (Å²) < 4.78 is 32.1. The zero-order valence-electron chi connectivity index (χ0n) is 24.4. The van der Waals surface area contributed by atoms with Crippen molar-refractivity contribution in [2.24, 2.45) is 0 Å². The molecule has 4 heterocycles. The molecule has 0 aliphatic carbocycles. The summed E-state index contributed by atoms with van der Waals surface area (Å²) in [6, 6.07) is 10.1. The number of aliphatic hydroxyl groups is 2. The minimum absolute atomic E-state index is 0.266. The molecule has 0 spiro atoms. The molecule has 2 aromatic carbocycles. The zero-order chi connectivity index (χ0) is 30.0. The van der Waals surface area contributed by atoms with E-state index in [4.69, 9.17) is 4.74 Å². The molecule has 3 N–H and O–H groups in total. The SMILES string of the molecule is O=C(/C=C/c1ccc(F)c(F)c1)N1CCC(O)(C(O)CN2CCC(c3c[nH]c4ccc(N5CCOCC5)cc34)CC2)CC1. The van der Waals surface area contributed by atoms with Crippen molar-refractivity contribution in [3.8, 4) is 0 Å². The molecule has 0 saturated carbocycles. The van der Waals surface area contributed by atoms with Gasteiger partial charge in [0.25, 0.3) is 0 Å². The Morgan fingerprint density at radius 3 is 2.49 bits per heavy atom. The van der Waals surface area contributed by atoms with Crippen molar-refractivity contribution < 1.29 is 28.5 Å². The first kappa shape index (κ1) is 29.7. The lowest BCUT2D eigenvalue weighted by Gasteiger charge is -2.43. The highest BCUT2D eigenvalue weighted by molar-refractivity contribution is 5.92. The number of aromatic amines is 1. The number of ether oxygens (including phenoxy) is 1. The van der Waals surface area contributed by atoms with Crippen molar-refractivity contribution in [3.63, 3.8) is 0 Å². The number of benzene rings is 2. The van der Waals surface area contributed by atoms with Gasteiger partial charge < -0.3 is 34.6 Å². The summed E-state index contributed by atoms with van der Waals surface area (Å²) in [6.45, 7) is 6.02. The Kier molecular flexibility index (Phi) is 8.81. The number of fused-ring (bicyclic) bond motifs is 1. The average molecular weight is 595 g/mol. The van der Waals surface area contributed by atoms with Crippen LogP contribution >= 0.6 is 0 Å². The van der Waals surface area contributed by atoms with Gasteiger partial charge in [-0.1, -0.05) is 6.07 Å². The smallest absolute Gasteiger partial charge is 0.246 e. The fourth-order valence-corrected chi connectivity index (χ4v) is 6.66. The van der Waals surface area contributed by atoms with Crippen LogP contribution in [0.2, 0.25) is 0 Å². The van der Waals surface area contributed by atoms with Gasteiger partial charge in [0.05, 0.1) is 24.9 Å². The Morgan fingerprint density at radius 1 is 1.02 bits per heavy atom. The van der Waals surface area contributed by atoms with Crippen molar-refractivity contribution in [2.45, 2.75) is 43.3 Å². The number of H-pyrrole nitrogens is 1. The number of amides is 1. The first-order valence-corrected chi connectivity index (χ1v) is 15.3. The van der Waals surface area contributed by atoms with E-state index >= 15 is 0 Å². The molecule has 1 atom stereocenters. The zero-order valence-corrected chi connectivity index (χ0v) is 24.4. The van der Waals surface area contributed by atoms with Gasteiger partial charge in [-0.05, 0) is 92.2 Å². The van der Waals surface area contributed by atoms with Gasteiger partial charge in [0.2, 0.25) is 5.91 Å². The van der Waals surface area contributed by atoms with Gasteiger partial charge in [0.1, 0.15) is 0 Å². The van der Waals surface area contributed by atoms with E-state index in [2.05, 4.69) is 39.2 Å². The number of carbonyl (C=O) groups is 1. The largest absolute Gasteiger partial charge is 0.389 e. The number of piperidine rings is 2. The third-order valence-electron chi connectivity index (χ3n) is 9.46. The van der Waals surface area contributed by atoms with Crippen molar-refractivity contribution in [3.05, 3.63) is 71.4 Å². The number of anilines is 1. The van der Waals surface area contributed by atoms with Crippen molar-refractivity contribution in [1.82, 2.24) is 14.8 Å². The molecule has 3 aromatic rings. The standard InChI is InChI=1S/C33H40F2N4O4/c34-28-4-1-23(19-29(28)35)2-6-32(41)39-13-9-33(42,10-14-39)31(40)22-37-11-7-24(8-12-37)27-21-36-30-5-3-25(20-26(27)30)38-15-17-43-18-16-38/h1-6,19-21,24,31,36,40,42H,7-18,22H2/b6-2+. The van der Waals surface area contributed by atoms with Crippen LogP contribution in [0.15, 0.2) is 48.7 Å². The van der Waals surface area contributed by atoms with Gasteiger partial charge in [-0.25, -0.2) is 8.78 Å². The van der Waals surface area contributed by atoms with Crippen LogP contribution in [-0.2, 0) is 9.53 Å². The number of likely N-dealkylation sites (tertiary alicyclic amines) is 2. The molecule has 230 valence electrons. The van der Waals surface area contributed by atoms with Gasteiger partial charge in [0, 0.05) is 61.6 Å². The van der Waals surface area contributed by atoms with Gasteiger partial charge in [-0.3, -0.25) is 4.79 Å². The molecular weight excluding hydrogens is 554 g/mol. The summed E-state index contributed by atoms with van der Waals surface area (Å²) in [6.07, 6.45) is 6.51. The predicted molar refractivity (Wildman–Crippen MR) is 162 cm³/mol. The third kappa shape index (κ3) is 6.62. The van der Waals surface area contributed by atoms with Gasteiger partial charge in [0.15, 0.2) is 11.6 Å². The predicted octanol–water partition coefficient (Wildman–Crippen LogP) is 3.89. The molecule has 3 aliphatic rings. The second kappa shape index (κ2) is 12.7. The van der Waals surface area contributed by atoms with Crippen LogP contribution in [0.5, 0.6) is 0 Å². The molecule has 0 bridgehead atoms. The third-order valence-corrected chi connectivity index (χ3v) is 9.46. The molecule has 0 radical (unpaired) electrons. The molecular formula is C33H40F2N4O4. The Labute approximate surface area is 250 Å². The molecule has 3 saturated heterocycles. The van der Waals surface area contributed by atoms with E-state index in [-0.39, 0.29) is 18.7 Å². The lowest BCUT2D eigenvalue weighted by atomic mass is 9.84. The van der Waals surface area contributed by atoms with Crippen LogP contribution in [0.4, 0.5) is 14.5 Å². The highest BCUT2D eigenvalue weighted by Gasteiger charge is 2.40. The number of aromatic nitrogens is 1. The van der Waals surface area contributed by atoms with Crippen LogP contribution in [-0.4, -0.2) is 102 Å². The Bertz CT molecular complexity index is 1450. The van der Waals surface area contributed by atoms with Gasteiger partial charge in [-0.2, -0.15) is 0 Å². The Hall–Kier alpha value is -3.31. The second-order valence-electron chi connectivity index (χ2n) is 12.1. The topological polar surface area (TPSA) is 92.3 Å². The van der Waals surface area contributed by atoms with E-state index in [9.17, 15) is 23.8 Å². The molecule has 8 nitrogen and oxygen atoms in total. The van der Waals surface area contributed by atoms with E-state index in [0.29, 0.717) is 31.1 Å². The van der Waals surface area contributed by atoms with Gasteiger partial charge >= 0.3 is 0 Å².